The highest BCUT2D eigenvalue weighted by Crippen LogP contribution is 2.11. The second-order valence-electron chi connectivity index (χ2n) is 4.91. The molecule has 1 aromatic carbocycles. The fourth-order valence-electron chi connectivity index (χ4n) is 1.87. The maximum absolute atomic E-state index is 12.1. The van der Waals surface area contributed by atoms with Gasteiger partial charge in [-0.1, -0.05) is 30.3 Å². The van der Waals surface area contributed by atoms with Crippen molar-refractivity contribution >= 4 is 15.8 Å². The minimum Gasteiger partial charge on any atom is -0.306 e. The van der Waals surface area contributed by atoms with Gasteiger partial charge in [0.15, 0.2) is 5.78 Å². The molecule has 7 heteroatoms. The lowest BCUT2D eigenvalue weighted by molar-refractivity contribution is 0.0970. The van der Waals surface area contributed by atoms with E-state index in [4.69, 9.17) is 0 Å². The maximum atomic E-state index is 12.1. The summed E-state index contributed by atoms with van der Waals surface area (Å²) in [6.45, 7) is -0.209. The summed E-state index contributed by atoms with van der Waals surface area (Å²) in [6.07, 6.45) is 1.19. The molecule has 2 rings (SSSR count). The number of pyridine rings is 1. The van der Waals surface area contributed by atoms with Crippen molar-refractivity contribution in [1.82, 2.24) is 8.87 Å². The van der Waals surface area contributed by atoms with Gasteiger partial charge in [0.1, 0.15) is 0 Å². The van der Waals surface area contributed by atoms with E-state index in [1.165, 1.54) is 26.4 Å². The van der Waals surface area contributed by atoms with Crippen LogP contribution in [-0.4, -0.2) is 37.2 Å². The second-order valence-corrected chi connectivity index (χ2v) is 7.06. The minimum absolute atomic E-state index is 0.0297. The second kappa shape index (κ2) is 6.25. The van der Waals surface area contributed by atoms with Crippen molar-refractivity contribution in [2.75, 3.05) is 14.1 Å². The topological polar surface area (TPSA) is 76.5 Å². The highest BCUT2D eigenvalue weighted by atomic mass is 32.2. The molecule has 0 aliphatic heterocycles. The summed E-state index contributed by atoms with van der Waals surface area (Å²) in [5, 5.41) is 0. The van der Waals surface area contributed by atoms with Gasteiger partial charge in [-0.2, -0.15) is 0 Å². The number of rotatable bonds is 5. The summed E-state index contributed by atoms with van der Waals surface area (Å²) in [4.78, 5) is 23.9. The zero-order valence-electron chi connectivity index (χ0n) is 12.3. The molecule has 0 spiro atoms. The van der Waals surface area contributed by atoms with E-state index in [-0.39, 0.29) is 17.2 Å². The molecule has 6 nitrogen and oxygen atoms in total. The largest absolute Gasteiger partial charge is 0.306 e. The highest BCUT2D eigenvalue weighted by Gasteiger charge is 2.18. The van der Waals surface area contributed by atoms with Crippen molar-refractivity contribution in [1.29, 1.82) is 0 Å². The maximum Gasteiger partial charge on any atom is 0.251 e. The average Bonchev–Trinajstić information content (AvgIpc) is 2.50. The van der Waals surface area contributed by atoms with Gasteiger partial charge in [0, 0.05) is 31.9 Å². The number of aromatic nitrogens is 1. The predicted molar refractivity (Wildman–Crippen MR) is 82.3 cm³/mol. The molecule has 0 saturated heterocycles. The molecule has 0 aliphatic rings. The van der Waals surface area contributed by atoms with E-state index in [1.54, 1.807) is 30.3 Å². The first-order chi connectivity index (χ1) is 10.3. The predicted octanol–water partition coefficient (Wildman–Crippen LogP) is 0.982. The molecule has 0 amide bonds. The van der Waals surface area contributed by atoms with Gasteiger partial charge in [-0.05, 0) is 6.07 Å². The van der Waals surface area contributed by atoms with Gasteiger partial charge in [0.2, 0.25) is 10.0 Å². The van der Waals surface area contributed by atoms with Crippen LogP contribution in [-0.2, 0) is 16.6 Å². The SMILES string of the molecule is CN(C)S(=O)(=O)c1ccc(=O)n(CC(=O)c2ccccc2)c1. The molecule has 116 valence electrons. The molecule has 1 aromatic heterocycles. The van der Waals surface area contributed by atoms with Crippen molar-refractivity contribution in [3.05, 3.63) is 64.6 Å². The summed E-state index contributed by atoms with van der Waals surface area (Å²) in [5.41, 5.74) is 0.0391. The molecule has 0 atom stereocenters. The van der Waals surface area contributed by atoms with E-state index in [0.717, 1.165) is 14.9 Å². The fourth-order valence-corrected chi connectivity index (χ4v) is 2.79. The Morgan fingerprint density at radius 2 is 1.73 bits per heavy atom. The Morgan fingerprint density at radius 1 is 1.09 bits per heavy atom. The molecule has 1 heterocycles. The first kappa shape index (κ1) is 16.1. The van der Waals surface area contributed by atoms with Gasteiger partial charge >= 0.3 is 0 Å². The number of carbonyl (C=O) groups excluding carboxylic acids is 1. The van der Waals surface area contributed by atoms with Crippen LogP contribution in [0.5, 0.6) is 0 Å². The Kier molecular flexibility index (Phi) is 4.58. The molecule has 0 radical (unpaired) electrons. The van der Waals surface area contributed by atoms with E-state index in [9.17, 15) is 18.0 Å². The summed E-state index contributed by atoms with van der Waals surface area (Å²) in [7, 11) is -0.849. The third kappa shape index (κ3) is 3.32. The number of nitrogens with zero attached hydrogens (tertiary/aromatic N) is 2. The number of Topliss-reactive ketones (excluding diaryl/α,β-unsaturated/α-hetero) is 1. The van der Waals surface area contributed by atoms with Crippen LogP contribution < -0.4 is 5.56 Å². The van der Waals surface area contributed by atoms with Crippen LogP contribution >= 0.6 is 0 Å². The van der Waals surface area contributed by atoms with Gasteiger partial charge in [0.05, 0.1) is 11.4 Å². The number of hydrogen-bond donors (Lipinski definition) is 0. The van der Waals surface area contributed by atoms with Gasteiger partial charge in [-0.3, -0.25) is 9.59 Å². The highest BCUT2D eigenvalue weighted by molar-refractivity contribution is 7.89. The zero-order chi connectivity index (χ0) is 16.3. The van der Waals surface area contributed by atoms with Crippen LogP contribution in [0.25, 0.3) is 0 Å². The van der Waals surface area contributed by atoms with Crippen LogP contribution in [0, 0.1) is 0 Å². The molecule has 0 bridgehead atoms. The van der Waals surface area contributed by atoms with E-state index >= 15 is 0 Å². The number of sulfonamides is 1. The Bertz CT molecular complexity index is 839. The molecule has 0 N–H and O–H groups in total. The van der Waals surface area contributed by atoms with Gasteiger partial charge in [-0.15, -0.1) is 0 Å². The number of hydrogen-bond acceptors (Lipinski definition) is 4. The third-order valence-corrected chi connectivity index (χ3v) is 4.94. The van der Waals surface area contributed by atoms with Crippen LogP contribution in [0.15, 0.2) is 58.4 Å². The van der Waals surface area contributed by atoms with Gasteiger partial charge < -0.3 is 4.57 Å². The van der Waals surface area contributed by atoms with Crippen LogP contribution in [0.4, 0.5) is 0 Å². The summed E-state index contributed by atoms with van der Waals surface area (Å²) in [5.74, 6) is -0.262. The van der Waals surface area contributed by atoms with Crippen LogP contribution in [0.1, 0.15) is 10.4 Å². The standard InChI is InChI=1S/C15H16N2O4S/c1-16(2)22(20,21)13-8-9-15(19)17(10-13)11-14(18)12-6-4-3-5-7-12/h3-10H,11H2,1-2H3. The van der Waals surface area contributed by atoms with Crippen molar-refractivity contribution in [3.8, 4) is 0 Å². The van der Waals surface area contributed by atoms with Gasteiger partial charge in [-0.25, -0.2) is 12.7 Å². The summed E-state index contributed by atoms with van der Waals surface area (Å²) in [6, 6.07) is 10.9. The molecular formula is C15H16N2O4S. The number of benzene rings is 1. The molecule has 0 aliphatic carbocycles. The monoisotopic (exact) mass is 320 g/mol. The van der Waals surface area contributed by atoms with E-state index in [1.807, 2.05) is 0 Å². The molecule has 0 fully saturated rings. The molecule has 0 saturated carbocycles. The lowest BCUT2D eigenvalue weighted by Gasteiger charge is -2.13. The fraction of sp³-hybridized carbons (Fsp3) is 0.200. The Morgan fingerprint density at radius 3 is 2.32 bits per heavy atom. The Labute approximate surface area is 128 Å². The van der Waals surface area contributed by atoms with Crippen LogP contribution in [0.3, 0.4) is 0 Å². The zero-order valence-corrected chi connectivity index (χ0v) is 13.1. The number of carbonyl (C=O) groups is 1. The Balaban J connectivity index is 2.37. The molecule has 2 aromatic rings. The normalized spacial score (nSPS) is 11.6. The first-order valence-corrected chi connectivity index (χ1v) is 7.97. The number of ketones is 1. The Hall–Kier alpha value is -2.25. The molecule has 22 heavy (non-hydrogen) atoms. The quantitative estimate of drug-likeness (QED) is 0.770. The van der Waals surface area contributed by atoms with Crippen molar-refractivity contribution in [2.45, 2.75) is 11.4 Å². The average molecular weight is 320 g/mol. The molecule has 0 unspecified atom stereocenters. The van der Waals surface area contributed by atoms with Crippen molar-refractivity contribution < 1.29 is 13.2 Å². The van der Waals surface area contributed by atoms with E-state index < -0.39 is 15.6 Å². The minimum atomic E-state index is -3.65. The lowest BCUT2D eigenvalue weighted by atomic mass is 10.1. The first-order valence-electron chi connectivity index (χ1n) is 6.53. The lowest BCUT2D eigenvalue weighted by Crippen LogP contribution is -2.27. The third-order valence-electron chi connectivity index (χ3n) is 3.14. The van der Waals surface area contributed by atoms with Crippen molar-refractivity contribution in [2.24, 2.45) is 0 Å². The van der Waals surface area contributed by atoms with Crippen LogP contribution in [0.2, 0.25) is 0 Å². The summed E-state index contributed by atoms with van der Waals surface area (Å²) < 4.78 is 26.3. The van der Waals surface area contributed by atoms with Crippen molar-refractivity contribution in [3.63, 3.8) is 0 Å². The van der Waals surface area contributed by atoms with Gasteiger partial charge in [0.25, 0.3) is 5.56 Å². The van der Waals surface area contributed by atoms with E-state index in [2.05, 4.69) is 0 Å². The smallest absolute Gasteiger partial charge is 0.251 e. The van der Waals surface area contributed by atoms with E-state index in [0.29, 0.717) is 5.56 Å². The molecular weight excluding hydrogens is 304 g/mol. The summed E-state index contributed by atoms with van der Waals surface area (Å²) >= 11 is 0.